The van der Waals surface area contributed by atoms with E-state index < -0.39 is 23.5 Å². The largest absolute Gasteiger partial charge is 0.418 e. The van der Waals surface area contributed by atoms with Crippen LogP contribution in [0.4, 0.5) is 37.7 Å². The van der Waals surface area contributed by atoms with Crippen LogP contribution in [0.1, 0.15) is 49.4 Å². The van der Waals surface area contributed by atoms with E-state index in [1.807, 2.05) is 0 Å². The van der Waals surface area contributed by atoms with E-state index in [1.165, 1.54) is 36.9 Å². The Hall–Kier alpha value is -3.73. The number of nitrogens with one attached hydrogen (secondary N) is 2. The molecule has 0 radical (unpaired) electrons. The summed E-state index contributed by atoms with van der Waals surface area (Å²) in [4.78, 5) is 13.0. The monoisotopic (exact) mass is 559 g/mol. The second-order valence-corrected chi connectivity index (χ2v) is 10.1. The Kier molecular flexibility index (Phi) is 7.67. The number of nitrogens with zero attached hydrogens (tertiary/aromatic N) is 3. The van der Waals surface area contributed by atoms with Crippen molar-refractivity contribution in [1.82, 2.24) is 20.3 Å². The molecule has 5 nitrogen and oxygen atoms in total. The number of benzene rings is 1. The van der Waals surface area contributed by atoms with Crippen LogP contribution in [0.2, 0.25) is 0 Å². The van der Waals surface area contributed by atoms with Crippen LogP contribution in [0.25, 0.3) is 22.4 Å². The molecule has 5 rings (SSSR count). The molecule has 1 aromatic carbocycles. The summed E-state index contributed by atoms with van der Waals surface area (Å²) >= 11 is 0. The fraction of sp³-hybridized carbons (Fsp3) is 0.345. The van der Waals surface area contributed by atoms with Crippen LogP contribution in [-0.2, 0) is 18.9 Å². The van der Waals surface area contributed by atoms with Crippen LogP contribution < -0.4 is 10.6 Å². The van der Waals surface area contributed by atoms with Crippen LogP contribution >= 0.6 is 0 Å². The maximum absolute atomic E-state index is 13.7. The number of rotatable bonds is 6. The molecule has 1 fully saturated rings. The van der Waals surface area contributed by atoms with Crippen molar-refractivity contribution < 1.29 is 26.3 Å². The van der Waals surface area contributed by atoms with Gasteiger partial charge in [0.05, 0.1) is 28.2 Å². The fourth-order valence-corrected chi connectivity index (χ4v) is 5.07. The lowest BCUT2D eigenvalue weighted by Crippen LogP contribution is -2.36. The number of fused-ring (bicyclic) bond motifs is 1. The molecule has 210 valence electrons. The van der Waals surface area contributed by atoms with Crippen molar-refractivity contribution in [2.24, 2.45) is 5.92 Å². The van der Waals surface area contributed by atoms with E-state index in [-0.39, 0.29) is 17.0 Å². The molecule has 3 heterocycles. The summed E-state index contributed by atoms with van der Waals surface area (Å²) in [6.45, 7) is 2.59. The van der Waals surface area contributed by atoms with Crippen molar-refractivity contribution in [1.29, 1.82) is 0 Å². The quantitative estimate of drug-likeness (QED) is 0.234. The van der Waals surface area contributed by atoms with Crippen molar-refractivity contribution in [3.05, 3.63) is 77.6 Å². The number of halogens is 6. The molecule has 3 aromatic heterocycles. The Bertz CT molecular complexity index is 1480. The summed E-state index contributed by atoms with van der Waals surface area (Å²) in [6.07, 6.45) is -3.33. The van der Waals surface area contributed by atoms with Crippen LogP contribution in [0.5, 0.6) is 0 Å². The van der Waals surface area contributed by atoms with Gasteiger partial charge in [-0.2, -0.15) is 26.3 Å². The number of pyridine rings is 3. The van der Waals surface area contributed by atoms with Gasteiger partial charge in [0.15, 0.2) is 5.65 Å². The molecule has 0 aliphatic heterocycles. The van der Waals surface area contributed by atoms with Crippen molar-refractivity contribution in [2.75, 3.05) is 5.32 Å². The van der Waals surface area contributed by atoms with Crippen molar-refractivity contribution in [3.8, 4) is 11.4 Å². The lowest BCUT2D eigenvalue weighted by atomic mass is 9.86. The van der Waals surface area contributed by atoms with Crippen molar-refractivity contribution >= 4 is 22.4 Å². The van der Waals surface area contributed by atoms with Crippen LogP contribution in [0, 0.1) is 5.92 Å². The van der Waals surface area contributed by atoms with E-state index in [0.717, 1.165) is 37.5 Å². The lowest BCUT2D eigenvalue weighted by molar-refractivity contribution is -0.138. The molecule has 11 heteroatoms. The van der Waals surface area contributed by atoms with E-state index >= 15 is 0 Å². The Morgan fingerprint density at radius 2 is 1.62 bits per heavy atom. The first-order chi connectivity index (χ1) is 19.0. The second-order valence-electron chi connectivity index (χ2n) is 10.1. The summed E-state index contributed by atoms with van der Waals surface area (Å²) in [7, 11) is 0. The van der Waals surface area contributed by atoms with E-state index in [9.17, 15) is 26.3 Å². The van der Waals surface area contributed by atoms with Crippen LogP contribution in [0.15, 0.2) is 60.8 Å². The highest BCUT2D eigenvalue weighted by molar-refractivity contribution is 5.92. The summed E-state index contributed by atoms with van der Waals surface area (Å²) in [5, 5.41) is 7.18. The Morgan fingerprint density at radius 1 is 0.875 bits per heavy atom. The van der Waals surface area contributed by atoms with E-state index in [1.54, 1.807) is 12.1 Å². The average molecular weight is 560 g/mol. The zero-order valence-electron chi connectivity index (χ0n) is 21.6. The molecule has 1 aliphatic carbocycles. The SMILES string of the molecule is CC1CCCCC1NCc1cc(Nc2ccc(C(F)(F)F)cc2)c2ccc(-c3ncccc3C(F)(F)F)nc2n1. The molecule has 1 saturated carbocycles. The number of hydrogen-bond acceptors (Lipinski definition) is 5. The van der Waals surface area contributed by atoms with Gasteiger partial charge < -0.3 is 10.6 Å². The van der Waals surface area contributed by atoms with Crippen LogP contribution in [-0.4, -0.2) is 21.0 Å². The fourth-order valence-electron chi connectivity index (χ4n) is 5.07. The molecule has 2 atom stereocenters. The second kappa shape index (κ2) is 11.0. The maximum Gasteiger partial charge on any atom is 0.418 e. The third kappa shape index (κ3) is 6.19. The van der Waals surface area contributed by atoms with Gasteiger partial charge in [-0.25, -0.2) is 9.97 Å². The first-order valence-corrected chi connectivity index (χ1v) is 13.0. The molecule has 0 saturated heterocycles. The van der Waals surface area contributed by atoms with Gasteiger partial charge in [0, 0.05) is 29.9 Å². The summed E-state index contributed by atoms with van der Waals surface area (Å²) in [5.74, 6) is 0.494. The molecular formula is C29H27F6N5. The van der Waals surface area contributed by atoms with Gasteiger partial charge in [-0.3, -0.25) is 4.98 Å². The number of hydrogen-bond donors (Lipinski definition) is 2. The normalized spacial score (nSPS) is 18.2. The van der Waals surface area contributed by atoms with Crippen molar-refractivity contribution in [3.63, 3.8) is 0 Å². The topological polar surface area (TPSA) is 62.7 Å². The minimum atomic E-state index is -4.62. The van der Waals surface area contributed by atoms with Crippen molar-refractivity contribution in [2.45, 2.75) is 57.5 Å². The summed E-state index contributed by atoms with van der Waals surface area (Å²) < 4.78 is 80.1. The van der Waals surface area contributed by atoms with E-state index in [2.05, 4.69) is 32.5 Å². The zero-order valence-corrected chi connectivity index (χ0v) is 21.6. The number of aromatic nitrogens is 3. The highest BCUT2D eigenvalue weighted by atomic mass is 19.4. The highest BCUT2D eigenvalue weighted by Gasteiger charge is 2.35. The smallest absolute Gasteiger partial charge is 0.355 e. The predicted molar refractivity (Wildman–Crippen MR) is 141 cm³/mol. The van der Waals surface area contributed by atoms with Gasteiger partial charge in [0.25, 0.3) is 0 Å². The summed E-state index contributed by atoms with van der Waals surface area (Å²) in [6, 6.07) is 11.9. The lowest BCUT2D eigenvalue weighted by Gasteiger charge is -2.29. The highest BCUT2D eigenvalue weighted by Crippen LogP contribution is 2.37. The standard InChI is InChI=1S/C29H27F6N5/c1-17-5-2-3-7-23(17)37-16-20-15-25(38-19-10-8-18(9-11-19)28(30,31)32)21-12-13-24(40-27(21)39-20)26-22(29(33,34)35)6-4-14-36-26/h4,6,8-15,17,23,37H,2-3,5,7,16H2,1H3,(H,38,39,40). The Labute approximate surface area is 227 Å². The van der Waals surface area contributed by atoms with Gasteiger partial charge in [-0.05, 0) is 73.4 Å². The Morgan fingerprint density at radius 3 is 2.33 bits per heavy atom. The molecule has 0 spiro atoms. The molecule has 2 unspecified atom stereocenters. The van der Waals surface area contributed by atoms with Gasteiger partial charge in [0.1, 0.15) is 5.69 Å². The minimum Gasteiger partial charge on any atom is -0.355 e. The predicted octanol–water partition coefficient (Wildman–Crippen LogP) is 8.14. The maximum atomic E-state index is 13.7. The molecule has 2 N–H and O–H groups in total. The van der Waals surface area contributed by atoms with E-state index in [4.69, 9.17) is 0 Å². The van der Waals surface area contributed by atoms with Gasteiger partial charge in [0.2, 0.25) is 0 Å². The molecule has 0 bridgehead atoms. The molecular weight excluding hydrogens is 532 g/mol. The number of alkyl halides is 6. The minimum absolute atomic E-state index is 0.0133. The number of anilines is 2. The Balaban J connectivity index is 1.54. The summed E-state index contributed by atoms with van der Waals surface area (Å²) in [5.41, 5.74) is -0.249. The third-order valence-corrected chi connectivity index (χ3v) is 7.23. The molecule has 40 heavy (non-hydrogen) atoms. The van der Waals surface area contributed by atoms with E-state index in [0.29, 0.717) is 41.0 Å². The molecule has 4 aromatic rings. The average Bonchev–Trinajstić information content (AvgIpc) is 2.91. The van der Waals surface area contributed by atoms with Crippen LogP contribution in [0.3, 0.4) is 0 Å². The first-order valence-electron chi connectivity index (χ1n) is 13.0. The van der Waals surface area contributed by atoms with Gasteiger partial charge >= 0.3 is 12.4 Å². The van der Waals surface area contributed by atoms with Gasteiger partial charge in [-0.1, -0.05) is 19.8 Å². The zero-order chi connectivity index (χ0) is 28.5. The third-order valence-electron chi connectivity index (χ3n) is 7.23. The first kappa shape index (κ1) is 27.8. The molecule has 1 aliphatic rings. The molecule has 0 amide bonds. The van der Waals surface area contributed by atoms with Gasteiger partial charge in [-0.15, -0.1) is 0 Å².